The number of nitrogens with one attached hydrogen (secondary N) is 1. The largest absolute Gasteiger partial charge is 0.362 e. The van der Waals surface area contributed by atoms with E-state index in [1.165, 1.54) is 12.1 Å². The van der Waals surface area contributed by atoms with Crippen LogP contribution in [0.4, 0.5) is 5.82 Å². The second kappa shape index (κ2) is 5.02. The van der Waals surface area contributed by atoms with E-state index in [1.807, 2.05) is 26.2 Å². The van der Waals surface area contributed by atoms with Gasteiger partial charge in [-0.25, -0.2) is 13.6 Å². The molecule has 6 nitrogen and oxygen atoms in total. The highest BCUT2D eigenvalue weighted by molar-refractivity contribution is 7.89. The Balaban J connectivity index is 2.14. The van der Waals surface area contributed by atoms with Crippen LogP contribution in [0.2, 0.25) is 0 Å². The Hall–Kier alpha value is -1.86. The molecule has 3 N–H and O–H groups in total. The molecule has 1 aromatic carbocycles. The van der Waals surface area contributed by atoms with Gasteiger partial charge in [-0.3, -0.25) is 4.68 Å². The maximum atomic E-state index is 11.2. The third kappa shape index (κ3) is 3.33. The number of anilines is 1. The van der Waals surface area contributed by atoms with Gasteiger partial charge in [0, 0.05) is 25.4 Å². The van der Waals surface area contributed by atoms with Gasteiger partial charge in [0.25, 0.3) is 0 Å². The first-order valence-electron chi connectivity index (χ1n) is 5.75. The summed E-state index contributed by atoms with van der Waals surface area (Å²) in [6.45, 7) is 1.97. The summed E-state index contributed by atoms with van der Waals surface area (Å²) >= 11 is 0. The smallest absolute Gasteiger partial charge is 0.238 e. The van der Waals surface area contributed by atoms with Gasteiger partial charge in [-0.15, -0.1) is 0 Å². The number of aromatic nitrogens is 2. The first-order chi connectivity index (χ1) is 8.86. The van der Waals surface area contributed by atoms with E-state index in [-0.39, 0.29) is 10.9 Å². The average molecular weight is 280 g/mol. The molecule has 1 heterocycles. The summed E-state index contributed by atoms with van der Waals surface area (Å²) in [5, 5.41) is 12.5. The highest BCUT2D eigenvalue weighted by atomic mass is 32.2. The number of sulfonamides is 1. The fraction of sp³-hybridized carbons (Fsp3) is 0.250. The van der Waals surface area contributed by atoms with Gasteiger partial charge in [0.2, 0.25) is 10.0 Å². The van der Waals surface area contributed by atoms with Crippen LogP contribution < -0.4 is 10.5 Å². The molecule has 0 spiro atoms. The van der Waals surface area contributed by atoms with Gasteiger partial charge in [0.05, 0.1) is 4.90 Å². The third-order valence-electron chi connectivity index (χ3n) is 2.79. The van der Waals surface area contributed by atoms with Crippen LogP contribution in [0.3, 0.4) is 0 Å². The standard InChI is InChI=1S/C12H16N4O2S/c1-9(14-12-7-8-16(2)15-12)10-3-5-11(6-4-10)19(13,17)18/h3-9H,1-2H3,(H,14,15)(H2,13,17,18). The molecule has 0 radical (unpaired) electrons. The summed E-state index contributed by atoms with van der Waals surface area (Å²) in [5.74, 6) is 0.769. The first-order valence-corrected chi connectivity index (χ1v) is 7.30. The van der Waals surface area contributed by atoms with Crippen molar-refractivity contribution in [2.45, 2.75) is 17.9 Å². The molecule has 0 saturated carbocycles. The summed E-state index contributed by atoms with van der Waals surface area (Å²) in [4.78, 5) is 0.112. The molecule has 0 aliphatic heterocycles. The highest BCUT2D eigenvalue weighted by Crippen LogP contribution is 2.19. The van der Waals surface area contributed by atoms with Crippen LogP contribution in [0.15, 0.2) is 41.4 Å². The molecule has 0 amide bonds. The molecule has 2 rings (SSSR count). The lowest BCUT2D eigenvalue weighted by Gasteiger charge is -2.13. The van der Waals surface area contributed by atoms with E-state index in [1.54, 1.807) is 16.8 Å². The monoisotopic (exact) mass is 280 g/mol. The molecule has 7 heteroatoms. The fourth-order valence-corrected chi connectivity index (χ4v) is 2.26. The molecule has 1 aromatic heterocycles. The van der Waals surface area contributed by atoms with Crippen LogP contribution in [-0.2, 0) is 17.1 Å². The molecule has 0 saturated heterocycles. The van der Waals surface area contributed by atoms with Crippen molar-refractivity contribution in [3.05, 3.63) is 42.1 Å². The van der Waals surface area contributed by atoms with Gasteiger partial charge in [0.1, 0.15) is 5.82 Å². The van der Waals surface area contributed by atoms with Gasteiger partial charge in [-0.05, 0) is 24.6 Å². The van der Waals surface area contributed by atoms with Crippen LogP contribution in [0.5, 0.6) is 0 Å². The predicted molar refractivity (Wildman–Crippen MR) is 73.1 cm³/mol. The van der Waals surface area contributed by atoms with Crippen LogP contribution in [-0.4, -0.2) is 18.2 Å². The number of hydrogen-bond acceptors (Lipinski definition) is 4. The number of aryl methyl sites for hydroxylation is 1. The molecule has 0 fully saturated rings. The first kappa shape index (κ1) is 13.6. The van der Waals surface area contributed by atoms with Gasteiger partial charge in [0.15, 0.2) is 0 Å². The molecule has 0 bridgehead atoms. The molecular formula is C12H16N4O2S. The lowest BCUT2D eigenvalue weighted by atomic mass is 10.1. The highest BCUT2D eigenvalue weighted by Gasteiger charge is 2.10. The summed E-state index contributed by atoms with van der Waals surface area (Å²) < 4.78 is 24.0. The molecule has 0 aliphatic carbocycles. The van der Waals surface area contributed by atoms with Crippen molar-refractivity contribution in [3.8, 4) is 0 Å². The Morgan fingerprint density at radius 1 is 1.26 bits per heavy atom. The maximum Gasteiger partial charge on any atom is 0.238 e. The molecule has 1 atom stereocenters. The lowest BCUT2D eigenvalue weighted by Crippen LogP contribution is -2.13. The SMILES string of the molecule is CC(Nc1ccn(C)n1)c1ccc(S(N)(=O)=O)cc1. The Kier molecular flexibility index (Phi) is 3.59. The molecule has 19 heavy (non-hydrogen) atoms. The van der Waals surface area contributed by atoms with Crippen LogP contribution in [0, 0.1) is 0 Å². The van der Waals surface area contributed by atoms with Crippen molar-refractivity contribution in [1.29, 1.82) is 0 Å². The molecular weight excluding hydrogens is 264 g/mol. The number of benzene rings is 1. The predicted octanol–water partition coefficient (Wildman–Crippen LogP) is 1.24. The van der Waals surface area contributed by atoms with E-state index >= 15 is 0 Å². The number of rotatable bonds is 4. The second-order valence-electron chi connectivity index (χ2n) is 4.35. The minimum atomic E-state index is -3.64. The van der Waals surface area contributed by atoms with E-state index in [0.29, 0.717) is 0 Å². The van der Waals surface area contributed by atoms with E-state index in [0.717, 1.165) is 11.4 Å². The summed E-state index contributed by atoms with van der Waals surface area (Å²) in [6, 6.07) is 8.36. The van der Waals surface area contributed by atoms with Gasteiger partial charge in [-0.1, -0.05) is 12.1 Å². The van der Waals surface area contributed by atoms with Crippen molar-refractivity contribution < 1.29 is 8.42 Å². The van der Waals surface area contributed by atoms with Crippen molar-refractivity contribution in [2.24, 2.45) is 12.2 Å². The van der Waals surface area contributed by atoms with E-state index in [4.69, 9.17) is 5.14 Å². The van der Waals surface area contributed by atoms with Crippen molar-refractivity contribution >= 4 is 15.8 Å². The summed E-state index contributed by atoms with van der Waals surface area (Å²) in [6.07, 6.45) is 1.85. The van der Waals surface area contributed by atoms with Crippen LogP contribution in [0.1, 0.15) is 18.5 Å². The molecule has 2 aromatic rings. The Morgan fingerprint density at radius 2 is 1.89 bits per heavy atom. The number of nitrogens with zero attached hydrogens (tertiary/aromatic N) is 2. The number of hydrogen-bond donors (Lipinski definition) is 2. The van der Waals surface area contributed by atoms with Crippen molar-refractivity contribution in [3.63, 3.8) is 0 Å². The Bertz CT molecular complexity index is 661. The van der Waals surface area contributed by atoms with E-state index in [9.17, 15) is 8.42 Å². The Morgan fingerprint density at radius 3 is 2.37 bits per heavy atom. The zero-order valence-corrected chi connectivity index (χ0v) is 11.6. The Labute approximate surface area is 112 Å². The minimum Gasteiger partial charge on any atom is -0.362 e. The summed E-state index contributed by atoms with van der Waals surface area (Å²) in [5.41, 5.74) is 0.957. The number of primary sulfonamides is 1. The zero-order chi connectivity index (χ0) is 14.0. The topological polar surface area (TPSA) is 90.0 Å². The van der Waals surface area contributed by atoms with E-state index in [2.05, 4.69) is 10.4 Å². The van der Waals surface area contributed by atoms with Gasteiger partial charge < -0.3 is 5.32 Å². The maximum absolute atomic E-state index is 11.2. The molecule has 1 unspecified atom stereocenters. The molecule has 102 valence electrons. The normalized spacial score (nSPS) is 13.2. The van der Waals surface area contributed by atoms with Crippen molar-refractivity contribution in [1.82, 2.24) is 9.78 Å². The number of nitrogens with two attached hydrogens (primary N) is 1. The molecule has 0 aliphatic rings. The average Bonchev–Trinajstić information content (AvgIpc) is 2.74. The fourth-order valence-electron chi connectivity index (χ4n) is 1.74. The van der Waals surface area contributed by atoms with Crippen molar-refractivity contribution in [2.75, 3.05) is 5.32 Å². The van der Waals surface area contributed by atoms with Crippen LogP contribution >= 0.6 is 0 Å². The zero-order valence-electron chi connectivity index (χ0n) is 10.7. The minimum absolute atomic E-state index is 0.0180. The lowest BCUT2D eigenvalue weighted by molar-refractivity contribution is 0.597. The van der Waals surface area contributed by atoms with Gasteiger partial charge >= 0.3 is 0 Å². The third-order valence-corrected chi connectivity index (χ3v) is 3.72. The quantitative estimate of drug-likeness (QED) is 0.881. The van der Waals surface area contributed by atoms with Gasteiger partial charge in [-0.2, -0.15) is 5.10 Å². The summed E-state index contributed by atoms with van der Waals surface area (Å²) in [7, 11) is -1.79. The van der Waals surface area contributed by atoms with E-state index < -0.39 is 10.0 Å². The second-order valence-corrected chi connectivity index (χ2v) is 5.92. The van der Waals surface area contributed by atoms with Crippen LogP contribution in [0.25, 0.3) is 0 Å².